The van der Waals surface area contributed by atoms with Crippen molar-refractivity contribution in [2.45, 2.75) is 20.3 Å². The number of nitrogens with zero attached hydrogens (tertiary/aromatic N) is 1. The summed E-state index contributed by atoms with van der Waals surface area (Å²) in [6.45, 7) is 4.05. The Morgan fingerprint density at radius 2 is 1.92 bits per heavy atom. The van der Waals surface area contributed by atoms with Crippen LogP contribution < -0.4 is 10.2 Å². The molecule has 136 valence electrons. The van der Waals surface area contributed by atoms with Crippen LogP contribution in [0.15, 0.2) is 30.3 Å². The summed E-state index contributed by atoms with van der Waals surface area (Å²) >= 11 is 12.1. The van der Waals surface area contributed by atoms with Gasteiger partial charge in [-0.2, -0.15) is 0 Å². The number of halogens is 3. The zero-order valence-electron chi connectivity index (χ0n) is 14.3. The van der Waals surface area contributed by atoms with Gasteiger partial charge in [0.25, 0.3) is 0 Å². The standard InChI is InChI=1S/C19H17Cl2FN2O2/c1-10-5-11(2)18(15(21)6-10)24-9-12(7-17(24)25)19(26)23-13-3-4-16(22)14(20)8-13/h3-6,8,12H,7,9H2,1-2H3,(H,23,26). The van der Waals surface area contributed by atoms with Gasteiger partial charge in [-0.05, 0) is 49.2 Å². The number of amides is 2. The Labute approximate surface area is 160 Å². The maximum absolute atomic E-state index is 13.2. The molecule has 0 spiro atoms. The maximum atomic E-state index is 13.2. The molecular weight excluding hydrogens is 378 g/mol. The van der Waals surface area contributed by atoms with Crippen LogP contribution >= 0.6 is 23.2 Å². The molecule has 1 atom stereocenters. The molecule has 7 heteroatoms. The molecule has 0 aliphatic carbocycles. The van der Waals surface area contributed by atoms with Gasteiger partial charge in [-0.25, -0.2) is 4.39 Å². The summed E-state index contributed by atoms with van der Waals surface area (Å²) in [6, 6.07) is 7.69. The lowest BCUT2D eigenvalue weighted by Crippen LogP contribution is -2.28. The first kappa shape index (κ1) is 18.7. The fraction of sp³-hybridized carbons (Fsp3) is 0.263. The smallest absolute Gasteiger partial charge is 0.229 e. The van der Waals surface area contributed by atoms with Crippen LogP contribution in [0, 0.1) is 25.6 Å². The minimum Gasteiger partial charge on any atom is -0.326 e. The molecule has 0 radical (unpaired) electrons. The number of hydrogen-bond acceptors (Lipinski definition) is 2. The molecule has 1 saturated heterocycles. The number of benzene rings is 2. The van der Waals surface area contributed by atoms with Gasteiger partial charge in [0.05, 0.1) is 21.7 Å². The van der Waals surface area contributed by atoms with E-state index in [0.717, 1.165) is 11.1 Å². The van der Waals surface area contributed by atoms with E-state index in [1.807, 2.05) is 19.9 Å². The Morgan fingerprint density at radius 3 is 2.58 bits per heavy atom. The van der Waals surface area contributed by atoms with Crippen molar-refractivity contribution < 1.29 is 14.0 Å². The third kappa shape index (κ3) is 3.69. The van der Waals surface area contributed by atoms with E-state index in [-0.39, 0.29) is 29.8 Å². The van der Waals surface area contributed by atoms with Crippen LogP contribution in [-0.4, -0.2) is 18.4 Å². The average Bonchev–Trinajstić information content (AvgIpc) is 2.92. The lowest BCUT2D eigenvalue weighted by atomic mass is 10.1. The number of carbonyl (C=O) groups excluding carboxylic acids is 2. The molecule has 2 amide bonds. The third-order valence-electron chi connectivity index (χ3n) is 4.35. The maximum Gasteiger partial charge on any atom is 0.229 e. The Morgan fingerprint density at radius 1 is 1.19 bits per heavy atom. The molecule has 1 aliphatic heterocycles. The van der Waals surface area contributed by atoms with E-state index in [0.29, 0.717) is 16.4 Å². The summed E-state index contributed by atoms with van der Waals surface area (Å²) in [4.78, 5) is 26.5. The fourth-order valence-electron chi connectivity index (χ4n) is 3.17. The van der Waals surface area contributed by atoms with Crippen LogP contribution in [0.25, 0.3) is 0 Å². The second-order valence-corrected chi connectivity index (χ2v) is 7.25. The first-order valence-corrected chi connectivity index (χ1v) is 8.85. The van der Waals surface area contributed by atoms with Crippen molar-refractivity contribution in [3.05, 3.63) is 57.3 Å². The molecule has 2 aromatic carbocycles. The van der Waals surface area contributed by atoms with Gasteiger partial charge in [-0.3, -0.25) is 9.59 Å². The van der Waals surface area contributed by atoms with Gasteiger partial charge in [-0.15, -0.1) is 0 Å². The minimum atomic E-state index is -0.559. The highest BCUT2D eigenvalue weighted by Gasteiger charge is 2.36. The molecule has 1 aliphatic rings. The summed E-state index contributed by atoms with van der Waals surface area (Å²) in [5, 5.41) is 3.09. The predicted octanol–water partition coefficient (Wildman–Crippen LogP) is 4.74. The molecule has 4 nitrogen and oxygen atoms in total. The highest BCUT2D eigenvalue weighted by atomic mass is 35.5. The quantitative estimate of drug-likeness (QED) is 0.816. The van der Waals surface area contributed by atoms with Gasteiger partial charge in [0.2, 0.25) is 11.8 Å². The topological polar surface area (TPSA) is 49.4 Å². The Hall–Kier alpha value is -2.11. The molecule has 3 rings (SSSR count). The van der Waals surface area contributed by atoms with E-state index in [1.54, 1.807) is 11.0 Å². The molecule has 0 saturated carbocycles. The van der Waals surface area contributed by atoms with E-state index in [4.69, 9.17) is 23.2 Å². The Balaban J connectivity index is 1.77. The third-order valence-corrected chi connectivity index (χ3v) is 4.93. The van der Waals surface area contributed by atoms with Crippen molar-refractivity contribution in [1.82, 2.24) is 0 Å². The first-order valence-electron chi connectivity index (χ1n) is 8.09. The van der Waals surface area contributed by atoms with Crippen molar-refractivity contribution in [2.24, 2.45) is 5.92 Å². The number of rotatable bonds is 3. The van der Waals surface area contributed by atoms with Crippen LogP contribution in [0.2, 0.25) is 10.0 Å². The second kappa shape index (κ2) is 7.25. The summed E-state index contributed by atoms with van der Waals surface area (Å²) in [5.74, 6) is -1.56. The summed E-state index contributed by atoms with van der Waals surface area (Å²) in [5.41, 5.74) is 2.92. The molecule has 1 heterocycles. The zero-order valence-corrected chi connectivity index (χ0v) is 15.8. The SMILES string of the molecule is Cc1cc(C)c(N2CC(C(=O)Nc3ccc(F)c(Cl)c3)CC2=O)c(Cl)c1. The van der Waals surface area contributed by atoms with E-state index in [9.17, 15) is 14.0 Å². The van der Waals surface area contributed by atoms with Crippen molar-refractivity contribution in [3.63, 3.8) is 0 Å². The van der Waals surface area contributed by atoms with Crippen molar-refractivity contribution in [2.75, 3.05) is 16.8 Å². The zero-order chi connectivity index (χ0) is 19.0. The van der Waals surface area contributed by atoms with E-state index >= 15 is 0 Å². The highest BCUT2D eigenvalue weighted by Crippen LogP contribution is 2.35. The minimum absolute atomic E-state index is 0.0750. The second-order valence-electron chi connectivity index (χ2n) is 6.44. The van der Waals surface area contributed by atoms with Crippen LogP contribution in [0.3, 0.4) is 0 Å². The number of hydrogen-bond donors (Lipinski definition) is 1. The lowest BCUT2D eigenvalue weighted by Gasteiger charge is -2.21. The van der Waals surface area contributed by atoms with E-state index < -0.39 is 11.7 Å². The van der Waals surface area contributed by atoms with Crippen molar-refractivity contribution in [1.29, 1.82) is 0 Å². The summed E-state index contributed by atoms with van der Waals surface area (Å²) < 4.78 is 13.2. The Bertz CT molecular complexity index is 878. The summed E-state index contributed by atoms with van der Waals surface area (Å²) in [6.07, 6.45) is 0.0877. The first-order chi connectivity index (χ1) is 12.3. The highest BCUT2D eigenvalue weighted by molar-refractivity contribution is 6.34. The van der Waals surface area contributed by atoms with Crippen LogP contribution in [0.4, 0.5) is 15.8 Å². The monoisotopic (exact) mass is 394 g/mol. The molecule has 1 N–H and O–H groups in total. The largest absolute Gasteiger partial charge is 0.326 e. The fourth-order valence-corrected chi connectivity index (χ4v) is 3.77. The van der Waals surface area contributed by atoms with Gasteiger partial charge in [-0.1, -0.05) is 29.3 Å². The molecule has 0 bridgehead atoms. The van der Waals surface area contributed by atoms with Crippen LogP contribution in [0.5, 0.6) is 0 Å². The lowest BCUT2D eigenvalue weighted by molar-refractivity contribution is -0.122. The molecule has 1 fully saturated rings. The number of anilines is 2. The van der Waals surface area contributed by atoms with E-state index in [2.05, 4.69) is 5.32 Å². The van der Waals surface area contributed by atoms with Gasteiger partial charge < -0.3 is 10.2 Å². The number of aryl methyl sites for hydroxylation is 2. The van der Waals surface area contributed by atoms with Crippen LogP contribution in [0.1, 0.15) is 17.5 Å². The van der Waals surface area contributed by atoms with Gasteiger partial charge in [0.15, 0.2) is 0 Å². The molecular formula is C19H17Cl2FN2O2. The Kier molecular flexibility index (Phi) is 5.21. The van der Waals surface area contributed by atoms with Gasteiger partial charge >= 0.3 is 0 Å². The van der Waals surface area contributed by atoms with Crippen molar-refractivity contribution >= 4 is 46.4 Å². The molecule has 26 heavy (non-hydrogen) atoms. The van der Waals surface area contributed by atoms with Crippen molar-refractivity contribution in [3.8, 4) is 0 Å². The molecule has 0 aromatic heterocycles. The average molecular weight is 395 g/mol. The van der Waals surface area contributed by atoms with Crippen LogP contribution in [-0.2, 0) is 9.59 Å². The van der Waals surface area contributed by atoms with Gasteiger partial charge in [0, 0.05) is 18.7 Å². The number of nitrogens with one attached hydrogen (secondary N) is 1. The van der Waals surface area contributed by atoms with Gasteiger partial charge in [0.1, 0.15) is 5.82 Å². The normalized spacial score (nSPS) is 16.9. The van der Waals surface area contributed by atoms with E-state index in [1.165, 1.54) is 18.2 Å². The number of carbonyl (C=O) groups is 2. The molecule has 1 unspecified atom stereocenters. The molecule has 2 aromatic rings. The predicted molar refractivity (Wildman–Crippen MR) is 101 cm³/mol. The summed E-state index contributed by atoms with van der Waals surface area (Å²) in [7, 11) is 0.